The van der Waals surface area contributed by atoms with Crippen molar-refractivity contribution in [3.63, 3.8) is 0 Å². The molecule has 4 aromatic rings. The zero-order valence-electron chi connectivity index (χ0n) is 16.5. The van der Waals surface area contributed by atoms with Crippen molar-refractivity contribution in [1.82, 2.24) is 9.78 Å². The van der Waals surface area contributed by atoms with E-state index in [2.05, 4.69) is 5.10 Å². The first-order valence-corrected chi connectivity index (χ1v) is 12.6. The Kier molecular flexibility index (Phi) is 5.79. The molecule has 0 aliphatic heterocycles. The lowest BCUT2D eigenvalue weighted by Crippen LogP contribution is -2.02. The SMILES string of the molecule is CC(=O)c1cc(-c2ccc(-c3cccc(S(C)(=O)=O)c3)s2)n(-c2c(Cl)cccc2Cl)n1. The fourth-order valence-electron chi connectivity index (χ4n) is 3.10. The van der Waals surface area contributed by atoms with Gasteiger partial charge in [0.1, 0.15) is 11.4 Å². The highest BCUT2D eigenvalue weighted by molar-refractivity contribution is 7.90. The number of nitrogens with zero attached hydrogens (tertiary/aromatic N) is 2. The first-order chi connectivity index (χ1) is 14.6. The van der Waals surface area contributed by atoms with E-state index in [4.69, 9.17) is 23.2 Å². The van der Waals surface area contributed by atoms with Crippen molar-refractivity contribution in [2.45, 2.75) is 11.8 Å². The highest BCUT2D eigenvalue weighted by Crippen LogP contribution is 2.38. The van der Waals surface area contributed by atoms with Crippen LogP contribution in [-0.4, -0.2) is 30.2 Å². The lowest BCUT2D eigenvalue weighted by Gasteiger charge is -2.10. The smallest absolute Gasteiger partial charge is 0.180 e. The monoisotopic (exact) mass is 490 g/mol. The maximum absolute atomic E-state index is 12.0. The minimum Gasteiger partial charge on any atom is -0.293 e. The number of carbonyl (C=O) groups is 1. The molecule has 2 aromatic carbocycles. The van der Waals surface area contributed by atoms with E-state index in [-0.39, 0.29) is 10.7 Å². The molecular weight excluding hydrogens is 475 g/mol. The van der Waals surface area contributed by atoms with Crippen LogP contribution in [0.15, 0.2) is 65.6 Å². The molecule has 0 saturated heterocycles. The average molecular weight is 491 g/mol. The maximum Gasteiger partial charge on any atom is 0.180 e. The van der Waals surface area contributed by atoms with Crippen LogP contribution in [0.25, 0.3) is 26.7 Å². The summed E-state index contributed by atoms with van der Waals surface area (Å²) in [5.41, 5.74) is 2.23. The zero-order valence-corrected chi connectivity index (χ0v) is 19.6. The Morgan fingerprint density at radius 2 is 1.61 bits per heavy atom. The van der Waals surface area contributed by atoms with Crippen molar-refractivity contribution >= 4 is 50.2 Å². The first kappa shape index (κ1) is 21.8. The van der Waals surface area contributed by atoms with Gasteiger partial charge >= 0.3 is 0 Å². The third kappa shape index (κ3) is 4.32. The third-order valence-electron chi connectivity index (χ3n) is 4.62. The molecule has 0 fully saturated rings. The van der Waals surface area contributed by atoms with Crippen LogP contribution in [0.1, 0.15) is 17.4 Å². The molecule has 0 amide bonds. The predicted octanol–water partition coefficient (Wildman–Crippen LogP) is 6.18. The predicted molar refractivity (Wildman–Crippen MR) is 125 cm³/mol. The molecule has 2 aromatic heterocycles. The number of rotatable bonds is 5. The van der Waals surface area contributed by atoms with Crippen LogP contribution >= 0.6 is 34.5 Å². The summed E-state index contributed by atoms with van der Waals surface area (Å²) in [6.45, 7) is 1.45. The number of aromatic nitrogens is 2. The van der Waals surface area contributed by atoms with Crippen LogP contribution in [0.5, 0.6) is 0 Å². The van der Waals surface area contributed by atoms with Gasteiger partial charge in [-0.25, -0.2) is 13.1 Å². The lowest BCUT2D eigenvalue weighted by molar-refractivity contribution is 0.101. The van der Waals surface area contributed by atoms with Gasteiger partial charge in [-0.15, -0.1) is 11.3 Å². The van der Waals surface area contributed by atoms with Gasteiger partial charge in [0.2, 0.25) is 0 Å². The van der Waals surface area contributed by atoms with E-state index in [0.29, 0.717) is 27.1 Å². The summed E-state index contributed by atoms with van der Waals surface area (Å²) >= 11 is 14.2. The van der Waals surface area contributed by atoms with Crippen LogP contribution < -0.4 is 0 Å². The van der Waals surface area contributed by atoms with E-state index in [9.17, 15) is 13.2 Å². The second-order valence-electron chi connectivity index (χ2n) is 6.92. The summed E-state index contributed by atoms with van der Waals surface area (Å²) in [5.74, 6) is -0.180. The lowest BCUT2D eigenvalue weighted by atomic mass is 10.2. The highest BCUT2D eigenvalue weighted by Gasteiger charge is 2.20. The fourth-order valence-corrected chi connectivity index (χ4v) is 5.33. The van der Waals surface area contributed by atoms with E-state index in [1.165, 1.54) is 24.5 Å². The van der Waals surface area contributed by atoms with Gasteiger partial charge in [0.25, 0.3) is 0 Å². The fraction of sp³-hybridized carbons (Fsp3) is 0.0909. The second-order valence-corrected chi connectivity index (χ2v) is 10.8. The molecule has 0 unspecified atom stereocenters. The van der Waals surface area contributed by atoms with Crippen molar-refractivity contribution in [3.8, 4) is 26.7 Å². The summed E-state index contributed by atoms with van der Waals surface area (Å²) < 4.78 is 25.4. The molecule has 9 heteroatoms. The van der Waals surface area contributed by atoms with Gasteiger partial charge in [-0.1, -0.05) is 41.4 Å². The largest absolute Gasteiger partial charge is 0.293 e. The summed E-state index contributed by atoms with van der Waals surface area (Å²) in [6.07, 6.45) is 1.18. The summed E-state index contributed by atoms with van der Waals surface area (Å²) in [6, 6.07) is 17.4. The second kappa shape index (κ2) is 8.24. The Morgan fingerprint density at radius 1 is 0.968 bits per heavy atom. The number of para-hydroxylation sites is 1. The highest BCUT2D eigenvalue weighted by atomic mass is 35.5. The van der Waals surface area contributed by atoms with Crippen LogP contribution in [0, 0.1) is 0 Å². The van der Waals surface area contributed by atoms with Gasteiger partial charge in [-0.05, 0) is 48.0 Å². The maximum atomic E-state index is 12.0. The molecule has 0 saturated carbocycles. The number of Topliss-reactive ketones (excluding diaryl/α,β-unsaturated/α-hetero) is 1. The Morgan fingerprint density at radius 3 is 2.26 bits per heavy atom. The molecular formula is C22H16Cl2N2O3S2. The van der Waals surface area contributed by atoms with Gasteiger partial charge < -0.3 is 0 Å². The third-order valence-corrected chi connectivity index (χ3v) is 7.50. The minimum atomic E-state index is -3.31. The molecule has 31 heavy (non-hydrogen) atoms. The first-order valence-electron chi connectivity index (χ1n) is 9.11. The van der Waals surface area contributed by atoms with E-state index in [1.54, 1.807) is 47.1 Å². The Balaban J connectivity index is 1.86. The topological polar surface area (TPSA) is 69.0 Å². The molecule has 0 aliphatic rings. The van der Waals surface area contributed by atoms with Crippen molar-refractivity contribution in [2.75, 3.05) is 6.26 Å². The van der Waals surface area contributed by atoms with Crippen LogP contribution in [0.3, 0.4) is 0 Å². The van der Waals surface area contributed by atoms with Gasteiger partial charge in [-0.3, -0.25) is 4.79 Å². The molecule has 0 spiro atoms. The number of hydrogen-bond acceptors (Lipinski definition) is 5. The Labute approximate surface area is 193 Å². The van der Waals surface area contributed by atoms with Crippen molar-refractivity contribution < 1.29 is 13.2 Å². The number of halogens is 2. The molecule has 158 valence electrons. The minimum absolute atomic E-state index is 0.180. The molecule has 0 atom stereocenters. The molecule has 0 radical (unpaired) electrons. The number of hydrogen-bond donors (Lipinski definition) is 0. The van der Waals surface area contributed by atoms with Crippen LogP contribution in [0.4, 0.5) is 0 Å². The molecule has 0 aliphatic carbocycles. The zero-order chi connectivity index (χ0) is 22.3. The number of sulfone groups is 1. The van der Waals surface area contributed by atoms with E-state index in [1.807, 2.05) is 18.2 Å². The van der Waals surface area contributed by atoms with Crippen LogP contribution in [0.2, 0.25) is 10.0 Å². The Bertz CT molecular complexity index is 1400. The normalized spacial score (nSPS) is 11.6. The molecule has 4 rings (SSSR count). The van der Waals surface area contributed by atoms with Crippen molar-refractivity contribution in [3.05, 3.63) is 76.4 Å². The number of benzene rings is 2. The Hall–Kier alpha value is -2.45. The quantitative estimate of drug-likeness (QED) is 0.313. The number of thiophene rings is 1. The van der Waals surface area contributed by atoms with E-state index in [0.717, 1.165) is 15.3 Å². The summed E-state index contributed by atoms with van der Waals surface area (Å²) in [5, 5.41) is 5.25. The molecule has 0 N–H and O–H groups in total. The summed E-state index contributed by atoms with van der Waals surface area (Å²) in [4.78, 5) is 14.0. The van der Waals surface area contributed by atoms with Gasteiger partial charge in [0.15, 0.2) is 15.6 Å². The van der Waals surface area contributed by atoms with E-state index >= 15 is 0 Å². The number of carbonyl (C=O) groups excluding carboxylic acids is 1. The van der Waals surface area contributed by atoms with Crippen molar-refractivity contribution in [1.29, 1.82) is 0 Å². The molecule has 5 nitrogen and oxygen atoms in total. The van der Waals surface area contributed by atoms with Gasteiger partial charge in [0, 0.05) is 18.1 Å². The van der Waals surface area contributed by atoms with Crippen LogP contribution in [-0.2, 0) is 9.84 Å². The summed E-state index contributed by atoms with van der Waals surface area (Å²) in [7, 11) is -3.31. The van der Waals surface area contributed by atoms with Crippen molar-refractivity contribution in [2.24, 2.45) is 0 Å². The van der Waals surface area contributed by atoms with Gasteiger partial charge in [0.05, 0.1) is 25.5 Å². The van der Waals surface area contributed by atoms with E-state index < -0.39 is 9.84 Å². The average Bonchev–Trinajstić information content (AvgIpc) is 3.35. The number of ketones is 1. The standard InChI is InChI=1S/C22H16Cl2N2O3S2/c1-13(27)18-12-19(26(25-18)22-16(23)7-4-8-17(22)24)21-10-9-20(30-21)14-5-3-6-15(11-14)31(2,28)29/h3-12H,1-2H3. The van der Waals surface area contributed by atoms with Gasteiger partial charge in [-0.2, -0.15) is 5.10 Å². The molecule has 2 heterocycles. The molecule has 0 bridgehead atoms.